The molecule has 0 saturated heterocycles. The maximum absolute atomic E-state index is 12.0. The second-order valence-corrected chi connectivity index (χ2v) is 5.53. The van der Waals surface area contributed by atoms with Crippen molar-refractivity contribution in [3.8, 4) is 0 Å². The minimum atomic E-state index is -0.916. The number of amides is 1. The van der Waals surface area contributed by atoms with Gasteiger partial charge in [0.05, 0.1) is 0 Å². The molecule has 5 nitrogen and oxygen atoms in total. The zero-order chi connectivity index (χ0) is 14.2. The third-order valence-electron chi connectivity index (χ3n) is 2.50. The SMILES string of the molecule is COC(CCC(NC(C)=O)(SC)C(=O)SC)OC. The zero-order valence-electron chi connectivity index (χ0n) is 11.4. The first-order valence-electron chi connectivity index (χ1n) is 5.43. The molecule has 0 radical (unpaired) electrons. The molecule has 0 bridgehead atoms. The van der Waals surface area contributed by atoms with Gasteiger partial charge in [0, 0.05) is 27.6 Å². The van der Waals surface area contributed by atoms with Crippen LogP contribution >= 0.6 is 23.5 Å². The van der Waals surface area contributed by atoms with E-state index in [1.54, 1.807) is 26.7 Å². The molecule has 0 spiro atoms. The third-order valence-corrected chi connectivity index (χ3v) is 4.54. The predicted octanol–water partition coefficient (Wildman–Crippen LogP) is 1.47. The van der Waals surface area contributed by atoms with Crippen molar-refractivity contribution < 1.29 is 19.1 Å². The highest BCUT2D eigenvalue weighted by atomic mass is 32.2. The summed E-state index contributed by atoms with van der Waals surface area (Å²) in [5.74, 6) is -0.224. The number of methoxy groups -OCH3 is 2. The van der Waals surface area contributed by atoms with E-state index in [0.29, 0.717) is 12.8 Å². The summed E-state index contributed by atoms with van der Waals surface area (Å²) in [7, 11) is 3.09. The van der Waals surface area contributed by atoms with Gasteiger partial charge in [0.2, 0.25) is 11.0 Å². The van der Waals surface area contributed by atoms with Crippen LogP contribution in [0.2, 0.25) is 0 Å². The lowest BCUT2D eigenvalue weighted by Gasteiger charge is -2.31. The molecule has 0 aromatic rings. The second-order valence-electron chi connectivity index (χ2n) is 3.64. The molecule has 1 N–H and O–H groups in total. The number of nitrogens with one attached hydrogen (secondary N) is 1. The molecule has 106 valence electrons. The molecule has 0 aromatic carbocycles. The van der Waals surface area contributed by atoms with Crippen LogP contribution in [0, 0.1) is 0 Å². The van der Waals surface area contributed by atoms with Gasteiger partial charge in [0.1, 0.15) is 0 Å². The second kappa shape index (κ2) is 8.79. The summed E-state index contributed by atoms with van der Waals surface area (Å²) < 4.78 is 10.2. The van der Waals surface area contributed by atoms with E-state index in [9.17, 15) is 9.59 Å². The third kappa shape index (κ3) is 5.17. The van der Waals surface area contributed by atoms with Crippen molar-refractivity contribution in [3.05, 3.63) is 0 Å². The average molecular weight is 295 g/mol. The van der Waals surface area contributed by atoms with Gasteiger partial charge in [-0.2, -0.15) is 0 Å². The fraction of sp³-hybridized carbons (Fsp3) is 0.818. The molecule has 18 heavy (non-hydrogen) atoms. The molecular weight excluding hydrogens is 274 g/mol. The predicted molar refractivity (Wildman–Crippen MR) is 75.6 cm³/mol. The minimum Gasteiger partial charge on any atom is -0.356 e. The molecule has 0 heterocycles. The number of hydrogen-bond donors (Lipinski definition) is 1. The molecule has 1 atom stereocenters. The summed E-state index contributed by atoms with van der Waals surface area (Å²) >= 11 is 2.44. The molecule has 0 aliphatic heterocycles. The number of ether oxygens (including phenoxy) is 2. The number of thioether (sulfide) groups is 2. The minimum absolute atomic E-state index is 0.0730. The van der Waals surface area contributed by atoms with Gasteiger partial charge in [-0.25, -0.2) is 0 Å². The molecule has 7 heteroatoms. The fourth-order valence-corrected chi connectivity index (χ4v) is 3.27. The quantitative estimate of drug-likeness (QED) is 0.684. The van der Waals surface area contributed by atoms with Crippen LogP contribution in [0.4, 0.5) is 0 Å². The van der Waals surface area contributed by atoms with Crippen molar-refractivity contribution >= 4 is 34.5 Å². The maximum Gasteiger partial charge on any atom is 0.224 e. The van der Waals surface area contributed by atoms with Crippen molar-refractivity contribution in [1.29, 1.82) is 0 Å². The smallest absolute Gasteiger partial charge is 0.224 e. The monoisotopic (exact) mass is 295 g/mol. The molecule has 0 rings (SSSR count). The van der Waals surface area contributed by atoms with Gasteiger partial charge in [-0.1, -0.05) is 11.8 Å². The molecule has 0 aromatic heterocycles. The Morgan fingerprint density at radius 3 is 2.17 bits per heavy atom. The van der Waals surface area contributed by atoms with Crippen LogP contribution in [0.25, 0.3) is 0 Å². The summed E-state index contributed by atoms with van der Waals surface area (Å²) in [4.78, 5) is 22.4. The van der Waals surface area contributed by atoms with Gasteiger partial charge in [0.25, 0.3) is 0 Å². The largest absolute Gasteiger partial charge is 0.356 e. The summed E-state index contributed by atoms with van der Waals surface area (Å²) in [6.07, 6.45) is 4.12. The summed E-state index contributed by atoms with van der Waals surface area (Å²) in [6, 6.07) is 0. The Morgan fingerprint density at radius 1 is 1.28 bits per heavy atom. The van der Waals surface area contributed by atoms with E-state index in [1.165, 1.54) is 18.7 Å². The molecule has 1 unspecified atom stereocenters. The van der Waals surface area contributed by atoms with Crippen LogP contribution in [0.1, 0.15) is 19.8 Å². The zero-order valence-corrected chi connectivity index (χ0v) is 13.1. The Morgan fingerprint density at radius 2 is 1.83 bits per heavy atom. The molecule has 0 fully saturated rings. The molecular formula is C11H21NO4S2. The van der Waals surface area contributed by atoms with Crippen molar-refractivity contribution in [2.75, 3.05) is 26.7 Å². The van der Waals surface area contributed by atoms with Crippen LogP contribution < -0.4 is 5.32 Å². The summed E-state index contributed by atoms with van der Waals surface area (Å²) in [5, 5.41) is 2.67. The highest BCUT2D eigenvalue weighted by molar-refractivity contribution is 8.15. The summed E-state index contributed by atoms with van der Waals surface area (Å²) in [6.45, 7) is 1.41. The Labute approximate surface area is 117 Å². The van der Waals surface area contributed by atoms with Crippen LogP contribution in [0.5, 0.6) is 0 Å². The van der Waals surface area contributed by atoms with Gasteiger partial charge in [0.15, 0.2) is 11.2 Å². The first-order chi connectivity index (χ1) is 8.45. The van der Waals surface area contributed by atoms with Crippen LogP contribution in [0.15, 0.2) is 0 Å². The Balaban J connectivity index is 4.83. The number of carbonyl (C=O) groups is 2. The van der Waals surface area contributed by atoms with Crippen molar-refractivity contribution in [1.82, 2.24) is 5.32 Å². The van der Waals surface area contributed by atoms with E-state index in [4.69, 9.17) is 9.47 Å². The molecule has 0 aliphatic carbocycles. The number of hydrogen-bond acceptors (Lipinski definition) is 6. The maximum atomic E-state index is 12.0. The fourth-order valence-electron chi connectivity index (χ4n) is 1.55. The highest BCUT2D eigenvalue weighted by Crippen LogP contribution is 2.31. The lowest BCUT2D eigenvalue weighted by atomic mass is 10.1. The first-order valence-corrected chi connectivity index (χ1v) is 7.88. The van der Waals surface area contributed by atoms with Gasteiger partial charge < -0.3 is 14.8 Å². The van der Waals surface area contributed by atoms with Gasteiger partial charge in [-0.15, -0.1) is 11.8 Å². The van der Waals surface area contributed by atoms with Crippen molar-refractivity contribution in [2.24, 2.45) is 0 Å². The lowest BCUT2D eigenvalue weighted by Crippen LogP contribution is -2.50. The van der Waals surface area contributed by atoms with Crippen molar-refractivity contribution in [3.63, 3.8) is 0 Å². The van der Waals surface area contributed by atoms with Gasteiger partial charge >= 0.3 is 0 Å². The van der Waals surface area contributed by atoms with E-state index in [0.717, 1.165) is 11.8 Å². The number of carbonyl (C=O) groups excluding carboxylic acids is 2. The van der Waals surface area contributed by atoms with Crippen molar-refractivity contribution in [2.45, 2.75) is 30.9 Å². The van der Waals surface area contributed by atoms with Crippen LogP contribution in [-0.4, -0.2) is 48.9 Å². The Bertz CT molecular complexity index is 284. The molecule has 0 saturated carbocycles. The van der Waals surface area contributed by atoms with E-state index < -0.39 is 4.87 Å². The Kier molecular flexibility index (Phi) is 8.67. The van der Waals surface area contributed by atoms with Crippen LogP contribution in [-0.2, 0) is 19.1 Å². The topological polar surface area (TPSA) is 64.6 Å². The van der Waals surface area contributed by atoms with E-state index >= 15 is 0 Å². The average Bonchev–Trinajstić information content (AvgIpc) is 2.36. The lowest BCUT2D eigenvalue weighted by molar-refractivity contribution is -0.126. The standard InChI is InChI=1S/C11H21NO4S2/c1-8(13)12-11(18-5,10(14)17-4)7-6-9(15-2)16-3/h9H,6-7H2,1-5H3,(H,12,13). The van der Waals surface area contributed by atoms with Crippen LogP contribution in [0.3, 0.4) is 0 Å². The van der Waals surface area contributed by atoms with E-state index in [2.05, 4.69) is 5.32 Å². The normalized spacial score (nSPS) is 14.3. The molecule has 1 amide bonds. The number of rotatable bonds is 8. The molecule has 0 aliphatic rings. The van der Waals surface area contributed by atoms with E-state index in [-0.39, 0.29) is 17.3 Å². The summed E-state index contributed by atoms with van der Waals surface area (Å²) in [5.41, 5.74) is 0. The first kappa shape index (κ1) is 17.8. The van der Waals surface area contributed by atoms with Gasteiger partial charge in [-0.3, -0.25) is 9.59 Å². The van der Waals surface area contributed by atoms with E-state index in [1.807, 2.05) is 0 Å². The highest BCUT2D eigenvalue weighted by Gasteiger charge is 2.38. The van der Waals surface area contributed by atoms with Gasteiger partial charge in [-0.05, 0) is 18.9 Å². The Hall–Kier alpha value is -0.240.